The Kier molecular flexibility index (Phi) is 7.43. The monoisotopic (exact) mass is 446 g/mol. The fourth-order valence-corrected chi connectivity index (χ4v) is 3.09. The highest BCUT2D eigenvalue weighted by atomic mass is 16.6. The molecule has 168 valence electrons. The van der Waals surface area contributed by atoms with Crippen LogP contribution in [0.3, 0.4) is 0 Å². The Labute approximate surface area is 190 Å². The number of carbonyl (C=O) groups excluding carboxylic acids is 1. The van der Waals surface area contributed by atoms with E-state index in [4.69, 9.17) is 9.47 Å². The van der Waals surface area contributed by atoms with E-state index in [9.17, 15) is 20.0 Å². The maximum absolute atomic E-state index is 12.3. The van der Waals surface area contributed by atoms with Crippen molar-refractivity contribution in [3.63, 3.8) is 0 Å². The van der Waals surface area contributed by atoms with Crippen LogP contribution in [0.15, 0.2) is 72.9 Å². The van der Waals surface area contributed by atoms with Crippen molar-refractivity contribution in [3.05, 3.63) is 99.7 Å². The molecule has 0 aromatic heterocycles. The van der Waals surface area contributed by atoms with E-state index in [0.29, 0.717) is 5.75 Å². The third-order valence-electron chi connectivity index (χ3n) is 4.71. The smallest absolute Gasteiger partial charge is 0.280 e. The molecular weight excluding hydrogens is 424 g/mol. The average molecular weight is 446 g/mol. The number of rotatable bonds is 9. The predicted molar refractivity (Wildman–Crippen MR) is 127 cm³/mol. The lowest BCUT2D eigenvalue weighted by Gasteiger charge is -2.10. The lowest BCUT2D eigenvalue weighted by Crippen LogP contribution is -2.01. The summed E-state index contributed by atoms with van der Waals surface area (Å²) in [5.74, 6) is 0.225. The zero-order valence-electron chi connectivity index (χ0n) is 18.0. The van der Waals surface area contributed by atoms with Crippen LogP contribution in [0.25, 0.3) is 12.2 Å². The molecule has 0 fully saturated rings. The molecule has 0 unspecified atom stereocenters. The lowest BCUT2D eigenvalue weighted by molar-refractivity contribution is -0.385. The first kappa shape index (κ1) is 23.1. The van der Waals surface area contributed by atoms with Crippen molar-refractivity contribution >= 4 is 29.3 Å². The number of nitrogens with one attached hydrogen (secondary N) is 1. The largest absolute Gasteiger partial charge is 0.504 e. The number of aromatic hydroxyl groups is 1. The van der Waals surface area contributed by atoms with E-state index in [1.807, 2.05) is 36.4 Å². The third kappa shape index (κ3) is 5.76. The number of para-hydroxylation sites is 1. The Morgan fingerprint density at radius 2 is 1.70 bits per heavy atom. The number of nitro groups is 1. The SMILES string of the molecule is COc1cc(/C=C\c2ccc(N/C=C\C(=O)c3ccccc3[N+](=O)[O-])cc2)cc(O)c1OC. The number of carbonyl (C=O) groups is 1. The number of nitrogens with zero attached hydrogens (tertiary/aromatic N) is 1. The number of allylic oxidation sites excluding steroid dienone is 1. The van der Waals surface area contributed by atoms with Gasteiger partial charge in [-0.25, -0.2) is 0 Å². The highest BCUT2D eigenvalue weighted by Gasteiger charge is 2.16. The van der Waals surface area contributed by atoms with Crippen molar-refractivity contribution in [2.24, 2.45) is 0 Å². The minimum Gasteiger partial charge on any atom is -0.504 e. The van der Waals surface area contributed by atoms with Crippen LogP contribution >= 0.6 is 0 Å². The average Bonchev–Trinajstić information content (AvgIpc) is 2.83. The van der Waals surface area contributed by atoms with E-state index in [1.54, 1.807) is 18.2 Å². The summed E-state index contributed by atoms with van der Waals surface area (Å²) in [6, 6.07) is 16.5. The molecule has 8 heteroatoms. The predicted octanol–water partition coefficient (Wildman–Crippen LogP) is 5.30. The van der Waals surface area contributed by atoms with Gasteiger partial charge in [0.2, 0.25) is 5.75 Å². The van der Waals surface area contributed by atoms with E-state index in [-0.39, 0.29) is 22.7 Å². The summed E-state index contributed by atoms with van der Waals surface area (Å²) < 4.78 is 10.4. The molecule has 3 aromatic rings. The van der Waals surface area contributed by atoms with Crippen molar-refractivity contribution < 1.29 is 24.3 Å². The van der Waals surface area contributed by atoms with Crippen LogP contribution in [0.2, 0.25) is 0 Å². The van der Waals surface area contributed by atoms with Crippen LogP contribution in [0.5, 0.6) is 17.2 Å². The summed E-state index contributed by atoms with van der Waals surface area (Å²) in [7, 11) is 2.96. The molecule has 33 heavy (non-hydrogen) atoms. The Morgan fingerprint density at radius 1 is 1.00 bits per heavy atom. The van der Waals surface area contributed by atoms with Crippen LogP contribution in [0, 0.1) is 10.1 Å². The number of ether oxygens (including phenoxy) is 2. The zero-order valence-corrected chi connectivity index (χ0v) is 18.0. The summed E-state index contributed by atoms with van der Waals surface area (Å²) in [4.78, 5) is 22.7. The molecule has 2 N–H and O–H groups in total. The van der Waals surface area contributed by atoms with Crippen molar-refractivity contribution in [1.29, 1.82) is 0 Å². The van der Waals surface area contributed by atoms with Crippen LogP contribution in [0.1, 0.15) is 21.5 Å². The molecule has 0 aliphatic rings. The molecule has 0 atom stereocenters. The van der Waals surface area contributed by atoms with Gasteiger partial charge in [-0.1, -0.05) is 36.4 Å². The first-order valence-electron chi connectivity index (χ1n) is 9.87. The Hall–Kier alpha value is -4.59. The molecule has 0 amide bonds. The summed E-state index contributed by atoms with van der Waals surface area (Å²) in [5.41, 5.74) is 2.19. The van der Waals surface area contributed by atoms with Gasteiger partial charge in [0, 0.05) is 24.0 Å². The van der Waals surface area contributed by atoms with Gasteiger partial charge in [-0.05, 0) is 41.5 Å². The second-order valence-corrected chi connectivity index (χ2v) is 6.85. The number of benzene rings is 3. The van der Waals surface area contributed by atoms with E-state index in [0.717, 1.165) is 16.8 Å². The van der Waals surface area contributed by atoms with E-state index >= 15 is 0 Å². The number of nitro benzene ring substituents is 1. The number of methoxy groups -OCH3 is 2. The summed E-state index contributed by atoms with van der Waals surface area (Å²) in [5, 5.41) is 24.1. The van der Waals surface area contributed by atoms with Gasteiger partial charge in [-0.2, -0.15) is 0 Å². The van der Waals surface area contributed by atoms with Crippen LogP contribution < -0.4 is 14.8 Å². The lowest BCUT2D eigenvalue weighted by atomic mass is 10.1. The van der Waals surface area contributed by atoms with Crippen molar-refractivity contribution in [2.45, 2.75) is 0 Å². The number of phenols is 1. The zero-order chi connectivity index (χ0) is 23.8. The maximum Gasteiger partial charge on any atom is 0.280 e. The minimum absolute atomic E-state index is 0.0155. The maximum atomic E-state index is 12.3. The van der Waals surface area contributed by atoms with Gasteiger partial charge < -0.3 is 19.9 Å². The molecular formula is C25H22N2O6. The molecule has 3 aromatic carbocycles. The fraction of sp³-hybridized carbons (Fsp3) is 0.0800. The molecule has 0 saturated carbocycles. The number of phenolic OH excluding ortho intramolecular Hbond substituents is 1. The standard InChI is InChI=1S/C25H22N2O6/c1-32-24-16-18(15-23(29)25(24)33-2)8-7-17-9-11-19(12-10-17)26-14-13-22(28)20-5-3-4-6-21(20)27(30)31/h3-16,26,29H,1-2H3/b8-7-,14-13-. The van der Waals surface area contributed by atoms with Gasteiger partial charge in [-0.15, -0.1) is 0 Å². The molecule has 0 spiro atoms. The third-order valence-corrected chi connectivity index (χ3v) is 4.71. The molecule has 0 saturated heterocycles. The van der Waals surface area contributed by atoms with Crippen LogP contribution in [-0.2, 0) is 0 Å². The van der Waals surface area contributed by atoms with E-state index in [1.165, 1.54) is 44.7 Å². The van der Waals surface area contributed by atoms with Gasteiger partial charge in [0.05, 0.1) is 24.7 Å². The molecule has 0 heterocycles. The topological polar surface area (TPSA) is 111 Å². The second kappa shape index (κ2) is 10.6. The number of ketones is 1. The van der Waals surface area contributed by atoms with Crippen LogP contribution in [0.4, 0.5) is 11.4 Å². The van der Waals surface area contributed by atoms with Gasteiger partial charge >= 0.3 is 0 Å². The minimum atomic E-state index is -0.579. The summed E-state index contributed by atoms with van der Waals surface area (Å²) in [6.07, 6.45) is 6.39. The number of hydrogen-bond donors (Lipinski definition) is 2. The normalized spacial score (nSPS) is 11.0. The second-order valence-electron chi connectivity index (χ2n) is 6.85. The number of hydrogen-bond acceptors (Lipinski definition) is 7. The van der Waals surface area contributed by atoms with Crippen molar-refractivity contribution in [3.8, 4) is 17.2 Å². The first-order chi connectivity index (χ1) is 15.9. The van der Waals surface area contributed by atoms with Gasteiger partial charge in [-0.3, -0.25) is 14.9 Å². The first-order valence-corrected chi connectivity index (χ1v) is 9.87. The molecule has 0 bridgehead atoms. The Balaban J connectivity index is 1.65. The highest BCUT2D eigenvalue weighted by molar-refractivity contribution is 6.07. The quantitative estimate of drug-likeness (QED) is 0.151. The van der Waals surface area contributed by atoms with Crippen molar-refractivity contribution in [2.75, 3.05) is 19.5 Å². The van der Waals surface area contributed by atoms with E-state index in [2.05, 4.69) is 5.32 Å². The Morgan fingerprint density at radius 3 is 2.36 bits per heavy atom. The number of anilines is 1. The van der Waals surface area contributed by atoms with Gasteiger partial charge in [0.15, 0.2) is 17.3 Å². The molecule has 0 aliphatic carbocycles. The van der Waals surface area contributed by atoms with Crippen LogP contribution in [-0.4, -0.2) is 30.0 Å². The molecule has 3 rings (SSSR count). The fourth-order valence-electron chi connectivity index (χ4n) is 3.09. The van der Waals surface area contributed by atoms with Crippen molar-refractivity contribution in [1.82, 2.24) is 0 Å². The van der Waals surface area contributed by atoms with Gasteiger partial charge in [0.1, 0.15) is 0 Å². The molecule has 0 aliphatic heterocycles. The van der Waals surface area contributed by atoms with Gasteiger partial charge in [0.25, 0.3) is 5.69 Å². The molecule has 8 nitrogen and oxygen atoms in total. The summed E-state index contributed by atoms with van der Waals surface area (Å²) >= 11 is 0. The summed E-state index contributed by atoms with van der Waals surface area (Å²) in [6.45, 7) is 0. The molecule has 0 radical (unpaired) electrons. The Bertz CT molecular complexity index is 1220. The highest BCUT2D eigenvalue weighted by Crippen LogP contribution is 2.37. The van der Waals surface area contributed by atoms with E-state index < -0.39 is 10.7 Å².